The topological polar surface area (TPSA) is 17.8 Å². The molecule has 0 unspecified atom stereocenters. The minimum Gasteiger partial charge on any atom is -0.448 e. The van der Waals surface area contributed by atoms with Crippen molar-refractivity contribution >= 4 is 22.9 Å². The summed E-state index contributed by atoms with van der Waals surface area (Å²) in [5.74, 6) is 0. The third-order valence-electron chi connectivity index (χ3n) is 0.996. The molecule has 0 N–H and O–H groups in total. The Labute approximate surface area is 118 Å². The fraction of sp³-hybridized carbons (Fsp3) is 0.250. The molecule has 0 radical (unpaired) electrons. The number of hydrogen-bond acceptors (Lipinski definition) is 1. The molecule has 1 rings (SSSR count). The minimum atomic E-state index is -4.79. The average Bonchev–Trinajstić information content (AvgIpc) is 2.10. The van der Waals surface area contributed by atoms with Crippen LogP contribution >= 0.6 is 15.9 Å². The van der Waals surface area contributed by atoms with Gasteiger partial charge in [0.2, 0.25) is 0 Å². The predicted molar refractivity (Wildman–Crippen MR) is 39.0 cm³/mol. The molecule has 0 fully saturated rings. The summed E-state index contributed by atoms with van der Waals surface area (Å²) in [6.45, 7) is -4.79. The summed E-state index contributed by atoms with van der Waals surface area (Å²) >= 11 is 3.00. The summed E-state index contributed by atoms with van der Waals surface area (Å²) < 4.78 is 36.6. The normalized spacial score (nSPS) is 11.0. The molecule has 62 valence electrons. The van der Waals surface area contributed by atoms with Crippen molar-refractivity contribution in [1.29, 1.82) is 0 Å². The van der Waals surface area contributed by atoms with Crippen molar-refractivity contribution < 1.29 is 64.3 Å². The average molecular weight is 267 g/mol. The monoisotopic (exact) mass is 266 g/mol. The minimum absolute atomic E-state index is 0. The molecular weight excluding hydrogens is 263 g/mol. The Kier molecular flexibility index (Phi) is 5.67. The quantitative estimate of drug-likeness (QED) is 0.631. The predicted octanol–water partition coefficient (Wildman–Crippen LogP) is -0.964. The van der Waals surface area contributed by atoms with Crippen LogP contribution in [0.25, 0.3) is 0 Å². The van der Waals surface area contributed by atoms with Crippen LogP contribution in [0, 0.1) is 0 Å². The largest absolute Gasteiger partial charge is 1.00 e. The van der Waals surface area contributed by atoms with Gasteiger partial charge in [-0.25, -0.2) is 0 Å². The standard InChI is InChI=1S/C4H4BBrF3N2.K/c6-4-1-10-11(2-4)3-5(7,8)9;/h1-2H,3H2;/q-1;+1. The Morgan fingerprint density at radius 2 is 2.08 bits per heavy atom. The fourth-order valence-corrected chi connectivity index (χ4v) is 0.978. The van der Waals surface area contributed by atoms with E-state index < -0.39 is 13.4 Å². The number of hydrogen-bond donors (Lipinski definition) is 0. The van der Waals surface area contributed by atoms with Crippen molar-refractivity contribution in [2.45, 2.75) is 6.44 Å². The molecule has 0 aromatic carbocycles. The van der Waals surface area contributed by atoms with Crippen LogP contribution in [-0.4, -0.2) is 16.8 Å². The van der Waals surface area contributed by atoms with E-state index in [1.54, 1.807) is 0 Å². The van der Waals surface area contributed by atoms with Crippen molar-refractivity contribution in [2.75, 3.05) is 0 Å². The molecule has 8 heteroatoms. The van der Waals surface area contributed by atoms with Crippen LogP contribution in [0.15, 0.2) is 16.9 Å². The summed E-state index contributed by atoms with van der Waals surface area (Å²) in [5, 5.41) is 3.47. The summed E-state index contributed by atoms with van der Waals surface area (Å²) in [7, 11) is 0. The van der Waals surface area contributed by atoms with Crippen LogP contribution in [0.2, 0.25) is 0 Å². The van der Waals surface area contributed by atoms with Crippen LogP contribution < -0.4 is 51.4 Å². The first-order chi connectivity index (χ1) is 4.97. The molecule has 0 saturated heterocycles. The van der Waals surface area contributed by atoms with Gasteiger partial charge in [-0.1, -0.05) is 0 Å². The van der Waals surface area contributed by atoms with Crippen molar-refractivity contribution in [1.82, 2.24) is 9.78 Å². The van der Waals surface area contributed by atoms with E-state index in [1.807, 2.05) is 0 Å². The third-order valence-corrected chi connectivity index (χ3v) is 1.41. The third kappa shape index (κ3) is 5.03. The van der Waals surface area contributed by atoms with Gasteiger partial charge in [0.15, 0.2) is 0 Å². The smallest absolute Gasteiger partial charge is 0.448 e. The molecular formula is C4H4BBrF3KN2. The van der Waals surface area contributed by atoms with Gasteiger partial charge >= 0.3 is 58.4 Å². The second-order valence-electron chi connectivity index (χ2n) is 2.09. The van der Waals surface area contributed by atoms with Gasteiger partial charge < -0.3 is 12.9 Å². The van der Waals surface area contributed by atoms with E-state index in [2.05, 4.69) is 21.0 Å². The van der Waals surface area contributed by atoms with Gasteiger partial charge in [0.25, 0.3) is 0 Å². The summed E-state index contributed by atoms with van der Waals surface area (Å²) in [6.07, 6.45) is 1.63. The maximum atomic E-state index is 11.7. The van der Waals surface area contributed by atoms with Crippen LogP contribution in [0.1, 0.15) is 0 Å². The number of rotatable bonds is 2. The molecule has 2 nitrogen and oxygen atoms in total. The molecule has 0 aliphatic carbocycles. The zero-order valence-corrected chi connectivity index (χ0v) is 11.1. The zero-order valence-electron chi connectivity index (χ0n) is 6.35. The van der Waals surface area contributed by atoms with Gasteiger partial charge in [-0.2, -0.15) is 5.10 Å². The number of nitrogens with zero attached hydrogens (tertiary/aromatic N) is 2. The molecule has 0 spiro atoms. The number of aromatic nitrogens is 2. The fourth-order valence-electron chi connectivity index (χ4n) is 0.650. The second kappa shape index (κ2) is 5.16. The van der Waals surface area contributed by atoms with Crippen LogP contribution in [0.3, 0.4) is 0 Å². The maximum absolute atomic E-state index is 11.7. The van der Waals surface area contributed by atoms with E-state index in [-0.39, 0.29) is 51.4 Å². The Hall–Kier alpha value is 1.18. The second-order valence-corrected chi connectivity index (χ2v) is 3.01. The van der Waals surface area contributed by atoms with Crippen molar-refractivity contribution in [2.24, 2.45) is 0 Å². The molecule has 1 heterocycles. The van der Waals surface area contributed by atoms with Crippen LogP contribution in [0.5, 0.6) is 0 Å². The van der Waals surface area contributed by atoms with Gasteiger partial charge in [0, 0.05) is 12.6 Å². The van der Waals surface area contributed by atoms with Gasteiger partial charge in [-0.15, -0.1) is 0 Å². The Balaban J connectivity index is 0.00000121. The van der Waals surface area contributed by atoms with E-state index in [9.17, 15) is 12.9 Å². The maximum Gasteiger partial charge on any atom is 1.00 e. The van der Waals surface area contributed by atoms with E-state index in [1.165, 1.54) is 12.4 Å². The van der Waals surface area contributed by atoms with E-state index in [0.717, 1.165) is 4.68 Å². The molecule has 0 atom stereocenters. The Morgan fingerprint density at radius 1 is 1.50 bits per heavy atom. The molecule has 0 bridgehead atoms. The summed E-state index contributed by atoms with van der Waals surface area (Å²) in [5.41, 5.74) is 0. The van der Waals surface area contributed by atoms with Crippen molar-refractivity contribution in [3.05, 3.63) is 16.9 Å². The molecule has 0 amide bonds. The molecule has 1 aromatic rings. The summed E-state index contributed by atoms with van der Waals surface area (Å²) in [6, 6.07) is 0. The first-order valence-corrected chi connectivity index (χ1v) is 3.65. The molecule has 0 aliphatic rings. The van der Waals surface area contributed by atoms with Gasteiger partial charge in [0.05, 0.1) is 10.7 Å². The van der Waals surface area contributed by atoms with Crippen molar-refractivity contribution in [3.8, 4) is 0 Å². The number of halogens is 4. The molecule has 1 aromatic heterocycles. The van der Waals surface area contributed by atoms with Crippen molar-refractivity contribution in [3.63, 3.8) is 0 Å². The van der Waals surface area contributed by atoms with Crippen LogP contribution in [-0.2, 0) is 6.44 Å². The molecule has 0 saturated carbocycles. The zero-order chi connectivity index (χ0) is 8.48. The Bertz CT molecular complexity index is 251. The SMILES string of the molecule is F[B-](F)(F)Cn1cc(Br)cn1.[K+]. The van der Waals surface area contributed by atoms with Gasteiger partial charge in [-0.05, 0) is 15.9 Å². The Morgan fingerprint density at radius 3 is 2.42 bits per heavy atom. The molecule has 0 aliphatic heterocycles. The summed E-state index contributed by atoms with van der Waals surface area (Å²) in [4.78, 5) is 0. The first kappa shape index (κ1) is 13.2. The van der Waals surface area contributed by atoms with Gasteiger partial charge in [0.1, 0.15) is 0 Å². The molecule has 12 heavy (non-hydrogen) atoms. The van der Waals surface area contributed by atoms with E-state index >= 15 is 0 Å². The van der Waals surface area contributed by atoms with E-state index in [0.29, 0.717) is 4.47 Å². The first-order valence-electron chi connectivity index (χ1n) is 2.86. The van der Waals surface area contributed by atoms with Gasteiger partial charge in [-0.3, -0.25) is 4.68 Å². The van der Waals surface area contributed by atoms with Crippen LogP contribution in [0.4, 0.5) is 12.9 Å². The van der Waals surface area contributed by atoms with E-state index in [4.69, 9.17) is 0 Å².